The zero-order chi connectivity index (χ0) is 16.8. The van der Waals surface area contributed by atoms with E-state index in [9.17, 15) is 14.7 Å². The quantitative estimate of drug-likeness (QED) is 0.790. The van der Waals surface area contributed by atoms with E-state index in [0.29, 0.717) is 12.8 Å². The largest absolute Gasteiger partial charge is 0.447 e. The first-order chi connectivity index (χ1) is 11.1. The van der Waals surface area contributed by atoms with Gasteiger partial charge in [-0.1, -0.05) is 43.7 Å². The van der Waals surface area contributed by atoms with Gasteiger partial charge in [-0.25, -0.2) is 9.69 Å². The Morgan fingerprint density at radius 2 is 2.13 bits per heavy atom. The van der Waals surface area contributed by atoms with Crippen LogP contribution in [0.1, 0.15) is 25.3 Å². The third kappa shape index (κ3) is 4.09. The van der Waals surface area contributed by atoms with E-state index in [1.807, 2.05) is 37.3 Å². The second kappa shape index (κ2) is 8.08. The van der Waals surface area contributed by atoms with Crippen LogP contribution in [0.3, 0.4) is 0 Å². The number of nitrogens with zero attached hydrogens (tertiary/aromatic N) is 1. The number of hydrogen-bond acceptors (Lipinski definition) is 5. The number of carbonyl (C=O) groups excluding carboxylic acids is 2. The molecular formula is C17H24N2O4. The number of imide groups is 1. The molecule has 1 aromatic carbocycles. The molecule has 1 aromatic rings. The van der Waals surface area contributed by atoms with Gasteiger partial charge in [-0.15, -0.1) is 0 Å². The van der Waals surface area contributed by atoms with Crippen molar-refractivity contribution in [3.8, 4) is 0 Å². The second-order valence-corrected chi connectivity index (χ2v) is 5.83. The molecule has 1 aliphatic heterocycles. The fourth-order valence-corrected chi connectivity index (χ4v) is 2.88. The highest BCUT2D eigenvalue weighted by Gasteiger charge is 2.42. The molecule has 3 atom stereocenters. The Morgan fingerprint density at radius 3 is 2.74 bits per heavy atom. The van der Waals surface area contributed by atoms with Crippen LogP contribution in [0.5, 0.6) is 0 Å². The fraction of sp³-hybridized carbons (Fsp3) is 0.529. The van der Waals surface area contributed by atoms with Gasteiger partial charge in [0.15, 0.2) is 0 Å². The number of nitrogens with two attached hydrogens (primary N) is 1. The van der Waals surface area contributed by atoms with E-state index in [1.165, 1.54) is 0 Å². The third-order valence-electron chi connectivity index (χ3n) is 4.14. The molecule has 1 saturated heterocycles. The zero-order valence-electron chi connectivity index (χ0n) is 13.4. The lowest BCUT2D eigenvalue weighted by atomic mass is 9.92. The maximum absolute atomic E-state index is 12.9. The molecule has 2 amide bonds. The summed E-state index contributed by atoms with van der Waals surface area (Å²) < 4.78 is 5.02. The lowest BCUT2D eigenvalue weighted by Gasteiger charge is -2.27. The highest BCUT2D eigenvalue weighted by Crippen LogP contribution is 2.23. The van der Waals surface area contributed by atoms with Crippen molar-refractivity contribution < 1.29 is 19.4 Å². The summed E-state index contributed by atoms with van der Waals surface area (Å²) in [6, 6.07) is 9.13. The molecule has 1 aliphatic rings. The number of benzene rings is 1. The highest BCUT2D eigenvalue weighted by molar-refractivity contribution is 5.95. The molecule has 0 saturated carbocycles. The molecule has 3 N–H and O–H groups in total. The number of aliphatic hydroxyl groups is 1. The standard InChI is InChI=1S/C17H24N2O4/c1-2-6-13-11-23-17(22)19(13)16(21)14(15(20)10-18)9-12-7-4-3-5-8-12/h3-5,7-8,13-15,20H,2,6,9-11,18H2,1H3/t13-,14+,15+/m0/s1. The topological polar surface area (TPSA) is 92.9 Å². The van der Waals surface area contributed by atoms with Crippen molar-refractivity contribution in [2.24, 2.45) is 11.7 Å². The SMILES string of the molecule is CCC[C@H]1COC(=O)N1C(=O)[C@H](Cc1ccccc1)[C@H](O)CN. The van der Waals surface area contributed by atoms with Crippen LogP contribution in [-0.2, 0) is 16.0 Å². The minimum absolute atomic E-state index is 0.0371. The van der Waals surface area contributed by atoms with Crippen LogP contribution in [-0.4, -0.2) is 47.3 Å². The number of amides is 2. The summed E-state index contributed by atoms with van der Waals surface area (Å²) in [5.74, 6) is -1.17. The van der Waals surface area contributed by atoms with Crippen LogP contribution >= 0.6 is 0 Å². The predicted octanol–water partition coefficient (Wildman–Crippen LogP) is 1.31. The maximum atomic E-state index is 12.9. The van der Waals surface area contributed by atoms with Gasteiger partial charge in [0.25, 0.3) is 0 Å². The first kappa shape index (κ1) is 17.4. The summed E-state index contributed by atoms with van der Waals surface area (Å²) >= 11 is 0. The molecule has 1 fully saturated rings. The summed E-state index contributed by atoms with van der Waals surface area (Å²) in [4.78, 5) is 26.0. The van der Waals surface area contributed by atoms with Gasteiger partial charge in [-0.3, -0.25) is 4.79 Å². The molecule has 6 heteroatoms. The van der Waals surface area contributed by atoms with Crippen molar-refractivity contribution in [2.45, 2.75) is 38.3 Å². The number of hydrogen-bond donors (Lipinski definition) is 2. The molecular weight excluding hydrogens is 296 g/mol. The number of aliphatic hydroxyl groups excluding tert-OH is 1. The average Bonchev–Trinajstić information content (AvgIpc) is 2.93. The van der Waals surface area contributed by atoms with Gasteiger partial charge in [-0.05, 0) is 18.4 Å². The van der Waals surface area contributed by atoms with Crippen molar-refractivity contribution in [3.05, 3.63) is 35.9 Å². The Labute approximate surface area is 136 Å². The molecule has 0 bridgehead atoms. The molecule has 0 radical (unpaired) electrons. The Bertz CT molecular complexity index is 535. The van der Waals surface area contributed by atoms with Crippen LogP contribution < -0.4 is 5.73 Å². The Kier molecular flexibility index (Phi) is 6.12. The first-order valence-corrected chi connectivity index (χ1v) is 8.00. The zero-order valence-corrected chi connectivity index (χ0v) is 13.4. The van der Waals surface area contributed by atoms with Gasteiger partial charge in [-0.2, -0.15) is 0 Å². The molecule has 0 spiro atoms. The van der Waals surface area contributed by atoms with E-state index in [4.69, 9.17) is 10.5 Å². The maximum Gasteiger partial charge on any atom is 0.416 e. The summed E-state index contributed by atoms with van der Waals surface area (Å²) in [6.07, 6.45) is 0.233. The number of carbonyl (C=O) groups is 2. The minimum atomic E-state index is -1.00. The molecule has 126 valence electrons. The summed E-state index contributed by atoms with van der Waals surface area (Å²) in [7, 11) is 0. The monoisotopic (exact) mass is 320 g/mol. The van der Waals surface area contributed by atoms with E-state index in [0.717, 1.165) is 16.9 Å². The van der Waals surface area contributed by atoms with E-state index in [2.05, 4.69) is 0 Å². The van der Waals surface area contributed by atoms with Gasteiger partial charge in [0.1, 0.15) is 6.61 Å². The van der Waals surface area contributed by atoms with Gasteiger partial charge in [0.05, 0.1) is 18.1 Å². The highest BCUT2D eigenvalue weighted by atomic mass is 16.6. The smallest absolute Gasteiger partial charge is 0.416 e. The summed E-state index contributed by atoms with van der Waals surface area (Å²) in [6.45, 7) is 2.17. The predicted molar refractivity (Wildman–Crippen MR) is 85.6 cm³/mol. The lowest BCUT2D eigenvalue weighted by molar-refractivity contribution is -0.137. The number of rotatable bonds is 7. The van der Waals surface area contributed by atoms with E-state index < -0.39 is 24.0 Å². The third-order valence-corrected chi connectivity index (χ3v) is 4.14. The number of ether oxygens (including phenoxy) is 1. The Balaban J connectivity index is 2.20. The summed E-state index contributed by atoms with van der Waals surface area (Å²) in [5, 5.41) is 10.2. The molecule has 2 rings (SSSR count). The van der Waals surface area contributed by atoms with E-state index in [1.54, 1.807) is 0 Å². The van der Waals surface area contributed by atoms with E-state index in [-0.39, 0.29) is 19.2 Å². The minimum Gasteiger partial charge on any atom is -0.447 e. The van der Waals surface area contributed by atoms with Crippen LogP contribution in [0, 0.1) is 5.92 Å². The van der Waals surface area contributed by atoms with Crippen molar-refractivity contribution in [1.82, 2.24) is 4.90 Å². The van der Waals surface area contributed by atoms with Gasteiger partial charge in [0, 0.05) is 6.54 Å². The lowest BCUT2D eigenvalue weighted by Crippen LogP contribution is -2.48. The van der Waals surface area contributed by atoms with Gasteiger partial charge in [0.2, 0.25) is 5.91 Å². The molecule has 1 heterocycles. The van der Waals surface area contributed by atoms with Crippen molar-refractivity contribution in [2.75, 3.05) is 13.2 Å². The second-order valence-electron chi connectivity index (χ2n) is 5.83. The molecule has 6 nitrogen and oxygen atoms in total. The first-order valence-electron chi connectivity index (χ1n) is 8.00. The van der Waals surface area contributed by atoms with Crippen molar-refractivity contribution in [1.29, 1.82) is 0 Å². The van der Waals surface area contributed by atoms with E-state index >= 15 is 0 Å². The Hall–Kier alpha value is -1.92. The number of cyclic esters (lactones) is 1. The van der Waals surface area contributed by atoms with Crippen LogP contribution in [0.25, 0.3) is 0 Å². The van der Waals surface area contributed by atoms with Crippen LogP contribution in [0.4, 0.5) is 4.79 Å². The summed E-state index contributed by atoms with van der Waals surface area (Å²) in [5.41, 5.74) is 6.47. The molecule has 0 aliphatic carbocycles. The van der Waals surface area contributed by atoms with Gasteiger partial charge < -0.3 is 15.6 Å². The van der Waals surface area contributed by atoms with Crippen molar-refractivity contribution in [3.63, 3.8) is 0 Å². The fourth-order valence-electron chi connectivity index (χ4n) is 2.88. The molecule has 0 aromatic heterocycles. The molecule has 0 unspecified atom stereocenters. The van der Waals surface area contributed by atoms with Crippen LogP contribution in [0.2, 0.25) is 0 Å². The van der Waals surface area contributed by atoms with Gasteiger partial charge >= 0.3 is 6.09 Å². The van der Waals surface area contributed by atoms with Crippen molar-refractivity contribution >= 4 is 12.0 Å². The molecule has 23 heavy (non-hydrogen) atoms. The Morgan fingerprint density at radius 1 is 1.43 bits per heavy atom. The average molecular weight is 320 g/mol. The normalized spacial score (nSPS) is 20.2. The van der Waals surface area contributed by atoms with Crippen LogP contribution in [0.15, 0.2) is 30.3 Å².